The summed E-state index contributed by atoms with van der Waals surface area (Å²) < 4.78 is 4.52. The standard InChI is InChI=1S/C38H22N4/c39-23-25-19-20-36-32(21-25)31-14-3-4-15-33(31)41(36)28-11-7-9-26(22-28)38-27(24-40)10-8-18-37(38)42-34-16-5-1-12-29(34)30-13-2-6-17-35(30)42/h1-22H. The van der Waals surface area contributed by atoms with Crippen molar-refractivity contribution >= 4 is 43.6 Å². The maximum Gasteiger partial charge on any atom is 0.0998 e. The second kappa shape index (κ2) is 9.24. The molecule has 0 atom stereocenters. The quantitative estimate of drug-likeness (QED) is 0.227. The first-order valence-corrected chi connectivity index (χ1v) is 13.8. The molecule has 2 heterocycles. The normalized spacial score (nSPS) is 11.3. The van der Waals surface area contributed by atoms with E-state index in [4.69, 9.17) is 0 Å². The summed E-state index contributed by atoms with van der Waals surface area (Å²) in [6, 6.07) is 50.1. The van der Waals surface area contributed by atoms with Crippen LogP contribution < -0.4 is 0 Å². The van der Waals surface area contributed by atoms with Crippen LogP contribution in [0.1, 0.15) is 11.1 Å². The number of hydrogen-bond donors (Lipinski definition) is 0. The Hall–Kier alpha value is -6.10. The molecule has 8 aromatic rings. The molecule has 42 heavy (non-hydrogen) atoms. The van der Waals surface area contributed by atoms with Crippen LogP contribution in [0.3, 0.4) is 0 Å². The van der Waals surface area contributed by atoms with Crippen molar-refractivity contribution in [2.45, 2.75) is 0 Å². The minimum atomic E-state index is 0.618. The lowest BCUT2D eigenvalue weighted by atomic mass is 9.97. The van der Waals surface area contributed by atoms with E-state index >= 15 is 0 Å². The largest absolute Gasteiger partial charge is 0.309 e. The van der Waals surface area contributed by atoms with Gasteiger partial charge in [-0.15, -0.1) is 0 Å². The molecule has 4 nitrogen and oxygen atoms in total. The highest BCUT2D eigenvalue weighted by Gasteiger charge is 2.19. The van der Waals surface area contributed by atoms with Gasteiger partial charge in [-0.05, 0) is 66.2 Å². The zero-order valence-electron chi connectivity index (χ0n) is 22.5. The van der Waals surface area contributed by atoms with Crippen molar-refractivity contribution < 1.29 is 0 Å². The SMILES string of the molecule is N#Cc1ccc2c(c1)c1ccccc1n2-c1cccc(-c2c(C#N)cccc2-n2c3ccccc3c3ccccc32)c1. The summed E-state index contributed by atoms with van der Waals surface area (Å²) in [4.78, 5) is 0. The summed E-state index contributed by atoms with van der Waals surface area (Å²) in [6.45, 7) is 0. The number of para-hydroxylation sites is 3. The third kappa shape index (κ3) is 3.40. The summed E-state index contributed by atoms with van der Waals surface area (Å²) in [7, 11) is 0. The van der Waals surface area contributed by atoms with Crippen molar-refractivity contribution in [3.8, 4) is 34.6 Å². The van der Waals surface area contributed by atoms with Crippen molar-refractivity contribution in [1.82, 2.24) is 9.13 Å². The molecule has 0 aliphatic heterocycles. The van der Waals surface area contributed by atoms with Crippen LogP contribution in [0.25, 0.3) is 66.1 Å². The zero-order valence-corrected chi connectivity index (χ0v) is 22.5. The third-order valence-corrected chi connectivity index (χ3v) is 8.18. The van der Waals surface area contributed by atoms with Gasteiger partial charge in [0.05, 0.1) is 51.0 Å². The Kier molecular flexibility index (Phi) is 5.22. The van der Waals surface area contributed by atoms with E-state index in [1.54, 1.807) is 0 Å². The maximum absolute atomic E-state index is 10.3. The number of fused-ring (bicyclic) bond motifs is 6. The molecule has 0 bridgehead atoms. The third-order valence-electron chi connectivity index (χ3n) is 8.18. The average molecular weight is 535 g/mol. The lowest BCUT2D eigenvalue weighted by molar-refractivity contribution is 1.17. The number of rotatable bonds is 3. The van der Waals surface area contributed by atoms with Crippen molar-refractivity contribution in [2.75, 3.05) is 0 Å². The van der Waals surface area contributed by atoms with Gasteiger partial charge in [0.1, 0.15) is 0 Å². The van der Waals surface area contributed by atoms with Crippen LogP contribution in [0, 0.1) is 22.7 Å². The summed E-state index contributed by atoms with van der Waals surface area (Å²) in [5, 5.41) is 24.4. The van der Waals surface area contributed by atoms with Crippen LogP contribution in [0.4, 0.5) is 0 Å². The molecule has 0 saturated carbocycles. The Labute approximate surface area is 242 Å². The first kappa shape index (κ1) is 23.8. The van der Waals surface area contributed by atoms with E-state index in [0.717, 1.165) is 55.3 Å². The molecular weight excluding hydrogens is 512 g/mol. The van der Waals surface area contributed by atoms with Crippen molar-refractivity contribution in [1.29, 1.82) is 10.5 Å². The summed E-state index contributed by atoms with van der Waals surface area (Å²) in [5.74, 6) is 0. The molecule has 0 aliphatic carbocycles. The van der Waals surface area contributed by atoms with E-state index in [-0.39, 0.29) is 0 Å². The number of aromatic nitrogens is 2. The smallest absolute Gasteiger partial charge is 0.0998 e. The van der Waals surface area contributed by atoms with Crippen LogP contribution >= 0.6 is 0 Å². The molecule has 0 radical (unpaired) electrons. The van der Waals surface area contributed by atoms with Crippen LogP contribution in [-0.2, 0) is 0 Å². The molecule has 0 fully saturated rings. The average Bonchev–Trinajstić information content (AvgIpc) is 3.57. The molecule has 0 N–H and O–H groups in total. The molecule has 6 aromatic carbocycles. The van der Waals surface area contributed by atoms with Crippen molar-refractivity contribution in [2.24, 2.45) is 0 Å². The highest BCUT2D eigenvalue weighted by Crippen LogP contribution is 2.39. The monoisotopic (exact) mass is 534 g/mol. The Bertz CT molecular complexity index is 2390. The van der Waals surface area contributed by atoms with Gasteiger partial charge in [-0.2, -0.15) is 10.5 Å². The predicted molar refractivity (Wildman–Crippen MR) is 170 cm³/mol. The molecule has 0 saturated heterocycles. The van der Waals surface area contributed by atoms with Gasteiger partial charge in [0.15, 0.2) is 0 Å². The van der Waals surface area contributed by atoms with Gasteiger partial charge in [-0.25, -0.2) is 0 Å². The van der Waals surface area contributed by atoms with Crippen LogP contribution in [0.15, 0.2) is 133 Å². The Morgan fingerprint density at radius 1 is 0.452 bits per heavy atom. The fraction of sp³-hybridized carbons (Fsp3) is 0. The van der Waals surface area contributed by atoms with Gasteiger partial charge < -0.3 is 9.13 Å². The van der Waals surface area contributed by atoms with Crippen molar-refractivity contribution in [3.05, 3.63) is 145 Å². The Morgan fingerprint density at radius 2 is 1.05 bits per heavy atom. The van der Waals surface area contributed by atoms with E-state index in [9.17, 15) is 10.5 Å². The molecule has 0 unspecified atom stereocenters. The number of hydrogen-bond acceptors (Lipinski definition) is 2. The summed E-state index contributed by atoms with van der Waals surface area (Å²) in [6.07, 6.45) is 0. The summed E-state index contributed by atoms with van der Waals surface area (Å²) in [5.41, 5.74) is 9.35. The molecule has 8 rings (SSSR count). The van der Waals surface area contributed by atoms with E-state index in [1.807, 2.05) is 42.5 Å². The highest BCUT2D eigenvalue weighted by molar-refractivity contribution is 6.11. The predicted octanol–water partition coefficient (Wildman–Crippen LogP) is 9.29. The van der Waals surface area contributed by atoms with Crippen molar-refractivity contribution in [3.63, 3.8) is 0 Å². The second-order valence-electron chi connectivity index (χ2n) is 10.4. The maximum atomic E-state index is 10.3. The van der Waals surface area contributed by atoms with Gasteiger partial charge in [-0.1, -0.05) is 72.8 Å². The molecular formula is C38H22N4. The minimum Gasteiger partial charge on any atom is -0.309 e. The van der Waals surface area contributed by atoms with E-state index in [2.05, 4.69) is 112 Å². The first-order chi connectivity index (χ1) is 20.8. The molecule has 0 aliphatic rings. The van der Waals surface area contributed by atoms with Gasteiger partial charge >= 0.3 is 0 Å². The molecule has 0 spiro atoms. The van der Waals surface area contributed by atoms with Gasteiger partial charge in [-0.3, -0.25) is 0 Å². The van der Waals surface area contributed by atoms with E-state index < -0.39 is 0 Å². The number of benzene rings is 6. The van der Waals surface area contributed by atoms with E-state index in [1.165, 1.54) is 10.8 Å². The number of nitrogens with zero attached hydrogens (tertiary/aromatic N) is 4. The molecule has 0 amide bonds. The highest BCUT2D eigenvalue weighted by atomic mass is 15.0. The van der Waals surface area contributed by atoms with Gasteiger partial charge in [0, 0.05) is 32.8 Å². The first-order valence-electron chi connectivity index (χ1n) is 13.8. The fourth-order valence-corrected chi connectivity index (χ4v) is 6.43. The van der Waals surface area contributed by atoms with Gasteiger partial charge in [0.2, 0.25) is 0 Å². The number of nitriles is 2. The molecule has 2 aromatic heterocycles. The van der Waals surface area contributed by atoms with Gasteiger partial charge in [0.25, 0.3) is 0 Å². The lowest BCUT2D eigenvalue weighted by Gasteiger charge is -2.17. The summed E-state index contributed by atoms with van der Waals surface area (Å²) >= 11 is 0. The molecule has 4 heteroatoms. The van der Waals surface area contributed by atoms with Crippen LogP contribution in [0.2, 0.25) is 0 Å². The Morgan fingerprint density at radius 3 is 1.71 bits per heavy atom. The van der Waals surface area contributed by atoms with Crippen LogP contribution in [0.5, 0.6) is 0 Å². The second-order valence-corrected chi connectivity index (χ2v) is 10.4. The van der Waals surface area contributed by atoms with E-state index in [0.29, 0.717) is 11.1 Å². The fourth-order valence-electron chi connectivity index (χ4n) is 6.43. The lowest BCUT2D eigenvalue weighted by Crippen LogP contribution is -2.00. The Balaban J connectivity index is 1.42. The zero-order chi connectivity index (χ0) is 28.2. The topological polar surface area (TPSA) is 57.4 Å². The minimum absolute atomic E-state index is 0.618. The van der Waals surface area contributed by atoms with Crippen LogP contribution in [-0.4, -0.2) is 9.13 Å². The molecule has 194 valence electrons.